The minimum atomic E-state index is -0.555. The molecule has 0 aromatic rings. The number of thiocarbonyl (C=S) groups is 1. The van der Waals surface area contributed by atoms with Crippen molar-refractivity contribution in [3.63, 3.8) is 0 Å². The first-order valence-corrected chi connectivity index (χ1v) is 7.87. The van der Waals surface area contributed by atoms with E-state index in [-0.39, 0.29) is 5.91 Å². The van der Waals surface area contributed by atoms with Gasteiger partial charge in [-0.2, -0.15) is 0 Å². The monoisotopic (exact) mass is 282 g/mol. The first-order chi connectivity index (χ1) is 8.85. The van der Waals surface area contributed by atoms with E-state index in [9.17, 15) is 4.79 Å². The summed E-state index contributed by atoms with van der Waals surface area (Å²) >= 11 is 5.14. The van der Waals surface area contributed by atoms with Gasteiger partial charge in [0.05, 0.1) is 10.4 Å². The molecule has 19 heavy (non-hydrogen) atoms. The first kappa shape index (κ1) is 14.8. The number of hydrogen-bond acceptors (Lipinski definition) is 2. The van der Waals surface area contributed by atoms with E-state index in [1.807, 2.05) is 0 Å². The lowest BCUT2D eigenvalue weighted by Gasteiger charge is -2.45. The lowest BCUT2D eigenvalue weighted by Crippen LogP contribution is -2.58. The van der Waals surface area contributed by atoms with E-state index < -0.39 is 5.41 Å². The van der Waals surface area contributed by atoms with Gasteiger partial charge in [0.2, 0.25) is 5.91 Å². The topological polar surface area (TPSA) is 55.1 Å². The molecule has 1 amide bonds. The Balaban J connectivity index is 1.95. The molecule has 2 aliphatic carbocycles. The van der Waals surface area contributed by atoms with Crippen molar-refractivity contribution in [3.05, 3.63) is 0 Å². The van der Waals surface area contributed by atoms with E-state index >= 15 is 0 Å². The quantitative estimate of drug-likeness (QED) is 0.782. The fraction of sp³-hybridized carbons (Fsp3) is 0.867. The zero-order valence-corrected chi connectivity index (χ0v) is 13.1. The summed E-state index contributed by atoms with van der Waals surface area (Å²) in [5.74, 6) is 2.07. The highest BCUT2D eigenvalue weighted by Crippen LogP contribution is 2.46. The fourth-order valence-corrected chi connectivity index (χ4v) is 3.89. The van der Waals surface area contributed by atoms with Gasteiger partial charge in [0.15, 0.2) is 0 Å². The van der Waals surface area contributed by atoms with E-state index in [1.54, 1.807) is 0 Å². The van der Waals surface area contributed by atoms with E-state index in [0.717, 1.165) is 31.6 Å². The Labute approximate surface area is 121 Å². The molecule has 4 heteroatoms. The molecule has 3 unspecified atom stereocenters. The van der Waals surface area contributed by atoms with Crippen LogP contribution in [-0.2, 0) is 4.79 Å². The van der Waals surface area contributed by atoms with Crippen LogP contribution in [0.15, 0.2) is 0 Å². The van der Waals surface area contributed by atoms with Crippen LogP contribution < -0.4 is 11.1 Å². The minimum Gasteiger partial charge on any atom is -0.392 e. The molecule has 0 aromatic heterocycles. The summed E-state index contributed by atoms with van der Waals surface area (Å²) in [6.07, 6.45) is 4.98. The number of rotatable bonds is 3. The van der Waals surface area contributed by atoms with Crippen LogP contribution in [0.3, 0.4) is 0 Å². The number of hydrogen-bond donors (Lipinski definition) is 2. The van der Waals surface area contributed by atoms with E-state index in [2.05, 4.69) is 26.1 Å². The maximum atomic E-state index is 12.5. The molecule has 2 rings (SSSR count). The number of carbonyl (C=O) groups excluding carboxylic acids is 1. The van der Waals surface area contributed by atoms with Crippen LogP contribution >= 0.6 is 12.2 Å². The van der Waals surface area contributed by atoms with E-state index in [0.29, 0.717) is 22.9 Å². The van der Waals surface area contributed by atoms with Crippen molar-refractivity contribution in [2.75, 3.05) is 0 Å². The summed E-state index contributed by atoms with van der Waals surface area (Å²) in [5.41, 5.74) is 5.27. The third-order valence-electron chi connectivity index (χ3n) is 5.23. The molecular weight excluding hydrogens is 256 g/mol. The Bertz CT molecular complexity index is 376. The molecule has 0 radical (unpaired) electrons. The standard InChI is InChI=1S/C15H26N2OS/c1-9-7-15(8-9,13(16)19)14(18)17-12-5-4-10(2)11(3)6-12/h9-12H,4-8H2,1-3H3,(H2,16,19)(H,17,18). The molecular formula is C15H26N2OS. The van der Waals surface area contributed by atoms with Gasteiger partial charge in [-0.25, -0.2) is 0 Å². The van der Waals surface area contributed by atoms with Gasteiger partial charge in [0, 0.05) is 6.04 Å². The molecule has 0 aliphatic heterocycles. The molecule has 2 aliphatic rings. The van der Waals surface area contributed by atoms with E-state index in [1.165, 1.54) is 6.42 Å². The van der Waals surface area contributed by atoms with Crippen molar-refractivity contribution in [2.24, 2.45) is 28.9 Å². The third-order valence-corrected chi connectivity index (χ3v) is 5.62. The molecule has 0 aromatic carbocycles. The molecule has 3 nitrogen and oxygen atoms in total. The number of amides is 1. The van der Waals surface area contributed by atoms with Crippen molar-refractivity contribution in [2.45, 2.75) is 58.9 Å². The smallest absolute Gasteiger partial charge is 0.233 e. The average Bonchev–Trinajstić information content (AvgIpc) is 2.29. The zero-order valence-electron chi connectivity index (χ0n) is 12.2. The molecule has 0 spiro atoms. The van der Waals surface area contributed by atoms with Crippen LogP contribution in [0.5, 0.6) is 0 Å². The highest BCUT2D eigenvalue weighted by molar-refractivity contribution is 7.80. The molecule has 3 N–H and O–H groups in total. The van der Waals surface area contributed by atoms with Gasteiger partial charge in [0.1, 0.15) is 0 Å². The normalized spacial score (nSPS) is 42.3. The number of carbonyl (C=O) groups is 1. The van der Waals surface area contributed by atoms with Gasteiger partial charge >= 0.3 is 0 Å². The van der Waals surface area contributed by atoms with Crippen LogP contribution in [0.2, 0.25) is 0 Å². The Kier molecular flexibility index (Phi) is 4.19. The SMILES string of the molecule is CC1CC(C(=O)NC2CCC(C)C(C)C2)(C(N)=S)C1. The predicted octanol–water partition coefficient (Wildman–Crippen LogP) is 2.63. The predicted molar refractivity (Wildman–Crippen MR) is 81.7 cm³/mol. The molecule has 0 bridgehead atoms. The molecule has 0 saturated heterocycles. The van der Waals surface area contributed by atoms with Crippen molar-refractivity contribution >= 4 is 23.1 Å². The molecule has 0 heterocycles. The van der Waals surface area contributed by atoms with Gasteiger partial charge in [-0.1, -0.05) is 33.0 Å². The summed E-state index contributed by atoms with van der Waals surface area (Å²) in [6, 6.07) is 0.306. The van der Waals surface area contributed by atoms with Gasteiger partial charge in [-0.3, -0.25) is 4.79 Å². The first-order valence-electron chi connectivity index (χ1n) is 7.46. The van der Waals surface area contributed by atoms with Crippen molar-refractivity contribution in [1.29, 1.82) is 0 Å². The Morgan fingerprint density at radius 3 is 2.32 bits per heavy atom. The molecule has 3 atom stereocenters. The van der Waals surface area contributed by atoms with Crippen LogP contribution in [0, 0.1) is 23.2 Å². The summed E-state index contributed by atoms with van der Waals surface area (Å²) in [6.45, 7) is 6.72. The van der Waals surface area contributed by atoms with Crippen LogP contribution in [0.4, 0.5) is 0 Å². The average molecular weight is 282 g/mol. The zero-order chi connectivity index (χ0) is 14.2. The van der Waals surface area contributed by atoms with Gasteiger partial charge < -0.3 is 11.1 Å². The second kappa shape index (κ2) is 5.39. The molecule has 2 fully saturated rings. The summed E-state index contributed by atoms with van der Waals surface area (Å²) in [5, 5.41) is 3.21. The highest BCUT2D eigenvalue weighted by atomic mass is 32.1. The van der Waals surface area contributed by atoms with Crippen molar-refractivity contribution < 1.29 is 4.79 Å². The van der Waals surface area contributed by atoms with E-state index in [4.69, 9.17) is 18.0 Å². The second-order valence-electron chi connectivity index (χ2n) is 6.90. The summed E-state index contributed by atoms with van der Waals surface area (Å²) < 4.78 is 0. The molecule has 108 valence electrons. The number of nitrogens with two attached hydrogens (primary N) is 1. The van der Waals surface area contributed by atoms with Gasteiger partial charge in [0.25, 0.3) is 0 Å². The maximum absolute atomic E-state index is 12.5. The maximum Gasteiger partial charge on any atom is 0.233 e. The van der Waals surface area contributed by atoms with Crippen LogP contribution in [-0.4, -0.2) is 16.9 Å². The van der Waals surface area contributed by atoms with Crippen LogP contribution in [0.25, 0.3) is 0 Å². The summed E-state index contributed by atoms with van der Waals surface area (Å²) in [4.78, 5) is 12.9. The third kappa shape index (κ3) is 2.78. The Morgan fingerprint density at radius 2 is 1.84 bits per heavy atom. The largest absolute Gasteiger partial charge is 0.392 e. The van der Waals surface area contributed by atoms with Crippen LogP contribution in [0.1, 0.15) is 52.9 Å². The Morgan fingerprint density at radius 1 is 1.21 bits per heavy atom. The summed E-state index contributed by atoms with van der Waals surface area (Å²) in [7, 11) is 0. The molecule has 2 saturated carbocycles. The fourth-order valence-electron chi connectivity index (χ4n) is 3.63. The Hall–Kier alpha value is -0.640. The minimum absolute atomic E-state index is 0.0739. The van der Waals surface area contributed by atoms with Gasteiger partial charge in [-0.15, -0.1) is 0 Å². The van der Waals surface area contributed by atoms with Crippen molar-refractivity contribution in [1.82, 2.24) is 5.32 Å². The van der Waals surface area contributed by atoms with Gasteiger partial charge in [-0.05, 0) is 49.9 Å². The highest BCUT2D eigenvalue weighted by Gasteiger charge is 2.51. The lowest BCUT2D eigenvalue weighted by atomic mass is 9.61. The number of nitrogens with one attached hydrogen (secondary N) is 1. The second-order valence-corrected chi connectivity index (χ2v) is 7.34. The van der Waals surface area contributed by atoms with Crippen molar-refractivity contribution in [3.8, 4) is 0 Å². The lowest BCUT2D eigenvalue weighted by molar-refractivity contribution is -0.134.